The van der Waals surface area contributed by atoms with E-state index in [-0.39, 0.29) is 11.6 Å². The number of hydrogen-bond donors (Lipinski definition) is 2. The van der Waals surface area contributed by atoms with Crippen LogP contribution in [0.5, 0.6) is 0 Å². The number of rotatable bonds is 5. The molecule has 0 spiro atoms. The van der Waals surface area contributed by atoms with E-state index in [1.807, 2.05) is 31.2 Å². The lowest BCUT2D eigenvalue weighted by Gasteiger charge is -2.07. The Morgan fingerprint density at radius 1 is 1.23 bits per heavy atom. The molecule has 0 aliphatic carbocycles. The quantitative estimate of drug-likeness (QED) is 0.404. The van der Waals surface area contributed by atoms with E-state index in [1.54, 1.807) is 18.3 Å². The van der Waals surface area contributed by atoms with Crippen molar-refractivity contribution in [3.8, 4) is 0 Å². The third-order valence-electron chi connectivity index (χ3n) is 4.08. The van der Waals surface area contributed by atoms with Gasteiger partial charge in [-0.2, -0.15) is 5.10 Å². The lowest BCUT2D eigenvalue weighted by molar-refractivity contribution is -0.384. The molecule has 0 aliphatic rings. The first-order valence-electron chi connectivity index (χ1n) is 7.88. The molecule has 4 rings (SSSR count). The van der Waals surface area contributed by atoms with Crippen LogP contribution < -0.4 is 5.32 Å². The van der Waals surface area contributed by atoms with E-state index in [9.17, 15) is 10.1 Å². The summed E-state index contributed by atoms with van der Waals surface area (Å²) in [5, 5.41) is 32.0. The van der Waals surface area contributed by atoms with Crippen molar-refractivity contribution in [1.29, 1.82) is 0 Å². The summed E-state index contributed by atoms with van der Waals surface area (Å²) >= 11 is 1.43. The number of fused-ring (bicyclic) bond motifs is 1. The Bertz CT molecular complexity index is 1090. The average molecular weight is 366 g/mol. The standard InChI is InChI=1S/C17H14N6O2S/c1-10(11-3-2-4-14(8-11)23(24)25)16-21-22-17(26-16)19-13-5-6-15-12(7-13)9-18-20-15/h2-10H,1H3,(H,18,20)(H,19,22). The number of non-ortho nitro benzene ring substituents is 1. The maximum Gasteiger partial charge on any atom is 0.269 e. The second kappa shape index (κ2) is 6.52. The molecule has 2 aromatic carbocycles. The monoisotopic (exact) mass is 366 g/mol. The number of aromatic amines is 1. The van der Waals surface area contributed by atoms with Crippen LogP contribution in [0.15, 0.2) is 48.7 Å². The molecule has 0 saturated carbocycles. The zero-order valence-corrected chi connectivity index (χ0v) is 14.5. The van der Waals surface area contributed by atoms with Crippen molar-refractivity contribution < 1.29 is 4.92 Å². The Balaban J connectivity index is 1.55. The van der Waals surface area contributed by atoms with E-state index in [4.69, 9.17) is 0 Å². The van der Waals surface area contributed by atoms with Crippen LogP contribution >= 0.6 is 11.3 Å². The van der Waals surface area contributed by atoms with Crippen molar-refractivity contribution in [1.82, 2.24) is 20.4 Å². The molecule has 1 atom stereocenters. The van der Waals surface area contributed by atoms with Crippen LogP contribution in [-0.2, 0) is 0 Å². The van der Waals surface area contributed by atoms with Crippen LogP contribution in [0.1, 0.15) is 23.4 Å². The number of nitro groups is 1. The number of nitrogens with one attached hydrogen (secondary N) is 2. The molecule has 1 unspecified atom stereocenters. The summed E-state index contributed by atoms with van der Waals surface area (Å²) < 4.78 is 0. The van der Waals surface area contributed by atoms with Gasteiger partial charge < -0.3 is 5.32 Å². The normalized spacial score (nSPS) is 12.2. The Hall–Kier alpha value is -3.33. The highest BCUT2D eigenvalue weighted by Crippen LogP contribution is 2.31. The van der Waals surface area contributed by atoms with Gasteiger partial charge in [0.15, 0.2) is 0 Å². The predicted octanol–water partition coefficient (Wildman–Crippen LogP) is 4.22. The van der Waals surface area contributed by atoms with Crippen molar-refractivity contribution in [2.75, 3.05) is 5.32 Å². The third-order valence-corrected chi connectivity index (χ3v) is 5.10. The largest absolute Gasteiger partial charge is 0.330 e. The van der Waals surface area contributed by atoms with E-state index in [2.05, 4.69) is 25.7 Å². The van der Waals surface area contributed by atoms with Crippen LogP contribution in [0.3, 0.4) is 0 Å². The fraction of sp³-hybridized carbons (Fsp3) is 0.118. The summed E-state index contributed by atoms with van der Waals surface area (Å²) in [6.45, 7) is 1.96. The number of anilines is 2. The first-order valence-corrected chi connectivity index (χ1v) is 8.70. The smallest absolute Gasteiger partial charge is 0.269 e. The highest BCUT2D eigenvalue weighted by molar-refractivity contribution is 7.15. The molecule has 8 nitrogen and oxygen atoms in total. The van der Waals surface area contributed by atoms with Crippen molar-refractivity contribution in [2.24, 2.45) is 0 Å². The molecule has 9 heteroatoms. The van der Waals surface area contributed by atoms with Gasteiger partial charge in [0, 0.05) is 29.1 Å². The van der Waals surface area contributed by atoms with E-state index >= 15 is 0 Å². The van der Waals surface area contributed by atoms with E-state index < -0.39 is 4.92 Å². The molecule has 0 fully saturated rings. The molecule has 130 valence electrons. The van der Waals surface area contributed by atoms with Gasteiger partial charge >= 0.3 is 0 Å². The van der Waals surface area contributed by atoms with Crippen LogP contribution in [0.25, 0.3) is 10.9 Å². The number of nitro benzene ring substituents is 1. The molecule has 4 aromatic rings. The van der Waals surface area contributed by atoms with Crippen LogP contribution in [-0.4, -0.2) is 25.3 Å². The van der Waals surface area contributed by atoms with Gasteiger partial charge in [-0.15, -0.1) is 10.2 Å². The van der Waals surface area contributed by atoms with Gasteiger partial charge in [0.2, 0.25) is 5.13 Å². The highest BCUT2D eigenvalue weighted by Gasteiger charge is 2.17. The minimum absolute atomic E-state index is 0.0747. The zero-order chi connectivity index (χ0) is 18.1. The van der Waals surface area contributed by atoms with Crippen molar-refractivity contribution in [2.45, 2.75) is 12.8 Å². The van der Waals surface area contributed by atoms with Crippen LogP contribution in [0, 0.1) is 10.1 Å². The molecule has 0 bridgehead atoms. The van der Waals surface area contributed by atoms with Gasteiger partial charge in [0.05, 0.1) is 16.6 Å². The lowest BCUT2D eigenvalue weighted by Crippen LogP contribution is -1.97. The first-order chi connectivity index (χ1) is 12.6. The second-order valence-electron chi connectivity index (χ2n) is 5.82. The molecule has 26 heavy (non-hydrogen) atoms. The van der Waals surface area contributed by atoms with Gasteiger partial charge in [-0.1, -0.05) is 30.4 Å². The Morgan fingerprint density at radius 2 is 2.12 bits per heavy atom. The predicted molar refractivity (Wildman–Crippen MR) is 99.9 cm³/mol. The minimum atomic E-state index is -0.394. The van der Waals surface area contributed by atoms with Gasteiger partial charge in [-0.3, -0.25) is 15.2 Å². The minimum Gasteiger partial charge on any atom is -0.330 e. The highest BCUT2D eigenvalue weighted by atomic mass is 32.1. The fourth-order valence-corrected chi connectivity index (χ4v) is 3.50. The van der Waals surface area contributed by atoms with E-state index in [0.717, 1.165) is 27.2 Å². The molecule has 2 N–H and O–H groups in total. The molecule has 0 aliphatic heterocycles. The van der Waals surface area contributed by atoms with Crippen molar-refractivity contribution in [3.05, 3.63) is 69.3 Å². The molecule has 0 amide bonds. The topological polar surface area (TPSA) is 110 Å². The number of hydrogen-bond acceptors (Lipinski definition) is 7. The molecule has 2 heterocycles. The first kappa shape index (κ1) is 16.2. The number of benzene rings is 2. The van der Waals surface area contributed by atoms with Crippen LogP contribution in [0.2, 0.25) is 0 Å². The fourth-order valence-electron chi connectivity index (χ4n) is 2.65. The van der Waals surface area contributed by atoms with Crippen LogP contribution in [0.4, 0.5) is 16.5 Å². The summed E-state index contributed by atoms with van der Waals surface area (Å²) in [5.74, 6) is -0.0840. The molecule has 0 radical (unpaired) electrons. The zero-order valence-electron chi connectivity index (χ0n) is 13.7. The molecule has 0 saturated heterocycles. The second-order valence-corrected chi connectivity index (χ2v) is 6.83. The van der Waals surface area contributed by atoms with Crippen molar-refractivity contribution in [3.63, 3.8) is 0 Å². The average Bonchev–Trinajstić information content (AvgIpc) is 3.30. The summed E-state index contributed by atoms with van der Waals surface area (Å²) in [5.41, 5.74) is 2.77. The Labute approximate surface area is 152 Å². The molecular formula is C17H14N6O2S. The Morgan fingerprint density at radius 3 is 2.96 bits per heavy atom. The van der Waals surface area contributed by atoms with E-state index in [0.29, 0.717) is 5.13 Å². The summed E-state index contributed by atoms with van der Waals surface area (Å²) in [7, 11) is 0. The molecular weight excluding hydrogens is 352 g/mol. The lowest BCUT2D eigenvalue weighted by atomic mass is 10.0. The number of nitrogens with zero attached hydrogens (tertiary/aromatic N) is 4. The van der Waals surface area contributed by atoms with E-state index in [1.165, 1.54) is 17.4 Å². The molecule has 2 aromatic heterocycles. The van der Waals surface area contributed by atoms with Crippen molar-refractivity contribution >= 4 is 38.7 Å². The summed E-state index contributed by atoms with van der Waals surface area (Å²) in [6.07, 6.45) is 1.76. The van der Waals surface area contributed by atoms with Gasteiger partial charge in [-0.25, -0.2) is 0 Å². The maximum atomic E-state index is 11.0. The number of aromatic nitrogens is 4. The summed E-state index contributed by atoms with van der Waals surface area (Å²) in [6, 6.07) is 12.5. The summed E-state index contributed by atoms with van der Waals surface area (Å²) in [4.78, 5) is 10.6. The van der Waals surface area contributed by atoms with Gasteiger partial charge in [0.25, 0.3) is 5.69 Å². The number of H-pyrrole nitrogens is 1. The maximum absolute atomic E-state index is 11.0. The van der Waals surface area contributed by atoms with Gasteiger partial charge in [-0.05, 0) is 23.8 Å². The van der Waals surface area contributed by atoms with Gasteiger partial charge in [0.1, 0.15) is 5.01 Å². The third kappa shape index (κ3) is 3.11. The SMILES string of the molecule is CC(c1cccc([N+](=O)[O-])c1)c1nnc(Nc2ccc3[nH]ncc3c2)s1. The Kier molecular flexibility index (Phi) is 4.05.